The Kier molecular flexibility index (Phi) is 6.11. The molecule has 0 spiro atoms. The summed E-state index contributed by atoms with van der Waals surface area (Å²) in [5.41, 5.74) is 1.28. The standard InChI is InChI=1S/C12H24N4/c1-4-6-13-7-5-8-15(2)10-12-9-14-16(3)11-12/h9,11,13H,4-8,10H2,1-3H3. The fourth-order valence-electron chi connectivity index (χ4n) is 1.72. The van der Waals surface area contributed by atoms with Crippen LogP contribution in [0.25, 0.3) is 0 Å². The number of hydrogen-bond donors (Lipinski definition) is 1. The van der Waals surface area contributed by atoms with Crippen molar-refractivity contribution in [2.75, 3.05) is 26.7 Å². The Morgan fingerprint density at radius 3 is 2.88 bits per heavy atom. The van der Waals surface area contributed by atoms with Crippen LogP contribution in [0.15, 0.2) is 12.4 Å². The molecule has 0 aliphatic carbocycles. The van der Waals surface area contributed by atoms with E-state index in [1.54, 1.807) is 0 Å². The molecule has 1 heterocycles. The highest BCUT2D eigenvalue weighted by atomic mass is 15.2. The van der Waals surface area contributed by atoms with E-state index >= 15 is 0 Å². The smallest absolute Gasteiger partial charge is 0.0534 e. The van der Waals surface area contributed by atoms with E-state index in [9.17, 15) is 0 Å². The first-order valence-corrected chi connectivity index (χ1v) is 6.09. The van der Waals surface area contributed by atoms with Gasteiger partial charge in [-0.15, -0.1) is 0 Å². The number of nitrogens with zero attached hydrogens (tertiary/aromatic N) is 3. The summed E-state index contributed by atoms with van der Waals surface area (Å²) < 4.78 is 1.85. The van der Waals surface area contributed by atoms with Gasteiger partial charge in [0, 0.05) is 25.4 Å². The number of hydrogen-bond acceptors (Lipinski definition) is 3. The van der Waals surface area contributed by atoms with Crippen molar-refractivity contribution in [3.63, 3.8) is 0 Å². The molecule has 0 saturated carbocycles. The van der Waals surface area contributed by atoms with E-state index in [4.69, 9.17) is 0 Å². The number of aromatic nitrogens is 2. The Bertz CT molecular complexity index is 282. The average Bonchev–Trinajstić information content (AvgIpc) is 2.63. The third-order valence-electron chi connectivity index (χ3n) is 2.53. The van der Waals surface area contributed by atoms with Crippen LogP contribution < -0.4 is 5.32 Å². The van der Waals surface area contributed by atoms with Crippen LogP contribution in [0.4, 0.5) is 0 Å². The number of nitrogens with one attached hydrogen (secondary N) is 1. The minimum Gasteiger partial charge on any atom is -0.317 e. The molecule has 0 bridgehead atoms. The highest BCUT2D eigenvalue weighted by Crippen LogP contribution is 2.01. The lowest BCUT2D eigenvalue weighted by Crippen LogP contribution is -2.24. The molecule has 1 aromatic rings. The molecule has 1 rings (SSSR count). The first kappa shape index (κ1) is 13.2. The summed E-state index contributed by atoms with van der Waals surface area (Å²) in [5, 5.41) is 7.58. The lowest BCUT2D eigenvalue weighted by Gasteiger charge is -2.15. The van der Waals surface area contributed by atoms with Gasteiger partial charge in [0.05, 0.1) is 6.20 Å². The van der Waals surface area contributed by atoms with Gasteiger partial charge in [-0.3, -0.25) is 4.68 Å². The van der Waals surface area contributed by atoms with Crippen molar-refractivity contribution in [2.24, 2.45) is 7.05 Å². The number of aryl methyl sites for hydroxylation is 1. The highest BCUT2D eigenvalue weighted by Gasteiger charge is 2.01. The maximum absolute atomic E-state index is 4.17. The lowest BCUT2D eigenvalue weighted by atomic mass is 10.3. The van der Waals surface area contributed by atoms with E-state index in [1.165, 1.54) is 18.4 Å². The van der Waals surface area contributed by atoms with E-state index in [0.29, 0.717) is 0 Å². The summed E-state index contributed by atoms with van der Waals surface area (Å²) in [6.45, 7) is 6.56. The monoisotopic (exact) mass is 224 g/mol. The zero-order chi connectivity index (χ0) is 11.8. The van der Waals surface area contributed by atoms with E-state index in [2.05, 4.69) is 35.5 Å². The second-order valence-electron chi connectivity index (χ2n) is 4.36. The Morgan fingerprint density at radius 2 is 2.25 bits per heavy atom. The molecule has 4 heteroatoms. The average molecular weight is 224 g/mol. The van der Waals surface area contributed by atoms with E-state index in [0.717, 1.165) is 26.2 Å². The molecule has 1 N–H and O–H groups in total. The fraction of sp³-hybridized carbons (Fsp3) is 0.750. The lowest BCUT2D eigenvalue weighted by molar-refractivity contribution is 0.319. The van der Waals surface area contributed by atoms with E-state index in [1.807, 2.05) is 17.9 Å². The van der Waals surface area contributed by atoms with Crippen molar-refractivity contribution in [3.8, 4) is 0 Å². The van der Waals surface area contributed by atoms with Crippen LogP contribution >= 0.6 is 0 Å². The summed E-state index contributed by atoms with van der Waals surface area (Å²) in [5.74, 6) is 0. The van der Waals surface area contributed by atoms with E-state index in [-0.39, 0.29) is 0 Å². The van der Waals surface area contributed by atoms with Gasteiger partial charge >= 0.3 is 0 Å². The van der Waals surface area contributed by atoms with E-state index < -0.39 is 0 Å². The zero-order valence-corrected chi connectivity index (χ0v) is 10.7. The van der Waals surface area contributed by atoms with Gasteiger partial charge in [0.15, 0.2) is 0 Å². The van der Waals surface area contributed by atoms with Gasteiger partial charge in [0.25, 0.3) is 0 Å². The Labute approximate surface area is 98.6 Å². The molecule has 0 fully saturated rings. The second-order valence-corrected chi connectivity index (χ2v) is 4.36. The van der Waals surface area contributed by atoms with Gasteiger partial charge in [-0.2, -0.15) is 5.10 Å². The molecule has 16 heavy (non-hydrogen) atoms. The van der Waals surface area contributed by atoms with Gasteiger partial charge in [-0.1, -0.05) is 6.92 Å². The molecule has 1 aromatic heterocycles. The summed E-state index contributed by atoms with van der Waals surface area (Å²) in [7, 11) is 4.12. The Morgan fingerprint density at radius 1 is 1.44 bits per heavy atom. The first-order chi connectivity index (χ1) is 7.72. The summed E-state index contributed by atoms with van der Waals surface area (Å²) in [6, 6.07) is 0. The minimum atomic E-state index is 0.988. The molecule has 0 aliphatic rings. The first-order valence-electron chi connectivity index (χ1n) is 6.09. The molecular weight excluding hydrogens is 200 g/mol. The Hall–Kier alpha value is -0.870. The zero-order valence-electron chi connectivity index (χ0n) is 10.7. The second kappa shape index (κ2) is 7.41. The predicted molar refractivity (Wildman–Crippen MR) is 67.3 cm³/mol. The van der Waals surface area contributed by atoms with Gasteiger partial charge in [0.2, 0.25) is 0 Å². The van der Waals surface area contributed by atoms with Crippen molar-refractivity contribution in [2.45, 2.75) is 26.3 Å². The number of rotatable bonds is 8. The third kappa shape index (κ3) is 5.28. The summed E-state index contributed by atoms with van der Waals surface area (Å²) in [6.07, 6.45) is 6.43. The van der Waals surface area contributed by atoms with Crippen molar-refractivity contribution >= 4 is 0 Å². The van der Waals surface area contributed by atoms with Crippen molar-refractivity contribution in [1.82, 2.24) is 20.0 Å². The van der Waals surface area contributed by atoms with Crippen molar-refractivity contribution in [1.29, 1.82) is 0 Å². The van der Waals surface area contributed by atoms with Crippen LogP contribution in [0.5, 0.6) is 0 Å². The molecule has 0 unspecified atom stereocenters. The maximum atomic E-state index is 4.17. The van der Waals surface area contributed by atoms with Gasteiger partial charge in [0.1, 0.15) is 0 Å². The molecule has 92 valence electrons. The molecule has 0 saturated heterocycles. The molecule has 0 radical (unpaired) electrons. The molecule has 0 aromatic carbocycles. The molecule has 0 aliphatic heterocycles. The van der Waals surface area contributed by atoms with Crippen LogP contribution in [-0.2, 0) is 13.6 Å². The summed E-state index contributed by atoms with van der Waals surface area (Å²) in [4.78, 5) is 2.34. The topological polar surface area (TPSA) is 33.1 Å². The van der Waals surface area contributed by atoms with Crippen LogP contribution in [-0.4, -0.2) is 41.4 Å². The van der Waals surface area contributed by atoms with Gasteiger partial charge in [-0.25, -0.2) is 0 Å². The van der Waals surface area contributed by atoms with Crippen molar-refractivity contribution in [3.05, 3.63) is 18.0 Å². The third-order valence-corrected chi connectivity index (χ3v) is 2.53. The largest absolute Gasteiger partial charge is 0.317 e. The Balaban J connectivity index is 2.09. The minimum absolute atomic E-state index is 0.988. The van der Waals surface area contributed by atoms with Crippen molar-refractivity contribution < 1.29 is 0 Å². The molecule has 0 amide bonds. The molecule has 4 nitrogen and oxygen atoms in total. The molecular formula is C12H24N4. The highest BCUT2D eigenvalue weighted by molar-refractivity contribution is 5.02. The van der Waals surface area contributed by atoms with Crippen LogP contribution in [0, 0.1) is 0 Å². The maximum Gasteiger partial charge on any atom is 0.0534 e. The summed E-state index contributed by atoms with van der Waals surface area (Å²) >= 11 is 0. The normalized spacial score (nSPS) is 11.2. The van der Waals surface area contributed by atoms with Crippen LogP contribution in [0.1, 0.15) is 25.3 Å². The fourth-order valence-corrected chi connectivity index (χ4v) is 1.72. The predicted octanol–water partition coefficient (Wildman–Crippen LogP) is 1.24. The van der Waals surface area contributed by atoms with Crippen LogP contribution in [0.2, 0.25) is 0 Å². The van der Waals surface area contributed by atoms with Crippen LogP contribution in [0.3, 0.4) is 0 Å². The molecule has 0 atom stereocenters. The quantitative estimate of drug-likeness (QED) is 0.675. The van der Waals surface area contributed by atoms with Gasteiger partial charge < -0.3 is 10.2 Å². The SMILES string of the molecule is CCCNCCCN(C)Cc1cnn(C)c1. The van der Waals surface area contributed by atoms with Gasteiger partial charge in [-0.05, 0) is 39.5 Å².